The summed E-state index contributed by atoms with van der Waals surface area (Å²) in [6.45, 7) is 0.428. The smallest absolute Gasteiger partial charge is 0.327 e. The van der Waals surface area contributed by atoms with Crippen LogP contribution in [0.5, 0.6) is 0 Å². The van der Waals surface area contributed by atoms with Gasteiger partial charge in [0.2, 0.25) is 5.91 Å². The van der Waals surface area contributed by atoms with Crippen molar-refractivity contribution in [2.75, 3.05) is 23.8 Å². The average Bonchev–Trinajstić information content (AvgIpc) is 2.75. The summed E-state index contributed by atoms with van der Waals surface area (Å²) in [6.07, 6.45) is 0. The van der Waals surface area contributed by atoms with Crippen molar-refractivity contribution in [1.29, 1.82) is 0 Å². The Hall–Kier alpha value is -0.890. The molecule has 2 atom stereocenters. The van der Waals surface area contributed by atoms with E-state index in [0.717, 1.165) is 17.5 Å². The van der Waals surface area contributed by atoms with Gasteiger partial charge in [-0.3, -0.25) is 9.59 Å². The molecule has 0 aromatic rings. The standard InChI is InChI=1S/C9H12N2O4S2/c12-7(5-3-17-9(15)10-5)11-1-2-16-4-6(11)8(13)14/h5-6H,1-4H2,(H,10,15)(H,13,14). The lowest BCUT2D eigenvalue weighted by Gasteiger charge is -2.34. The van der Waals surface area contributed by atoms with Crippen molar-refractivity contribution in [3.63, 3.8) is 0 Å². The molecular weight excluding hydrogens is 264 g/mol. The van der Waals surface area contributed by atoms with Gasteiger partial charge in [-0.15, -0.1) is 0 Å². The molecule has 0 bridgehead atoms. The zero-order valence-corrected chi connectivity index (χ0v) is 10.6. The molecule has 2 saturated heterocycles. The summed E-state index contributed by atoms with van der Waals surface area (Å²) in [6, 6.07) is -1.35. The molecule has 94 valence electrons. The van der Waals surface area contributed by atoms with Crippen LogP contribution >= 0.6 is 23.5 Å². The van der Waals surface area contributed by atoms with E-state index in [4.69, 9.17) is 5.11 Å². The van der Waals surface area contributed by atoms with Crippen molar-refractivity contribution >= 4 is 40.6 Å². The van der Waals surface area contributed by atoms with Gasteiger partial charge >= 0.3 is 5.97 Å². The van der Waals surface area contributed by atoms with E-state index in [-0.39, 0.29) is 11.1 Å². The summed E-state index contributed by atoms with van der Waals surface area (Å²) >= 11 is 2.59. The van der Waals surface area contributed by atoms with Crippen LogP contribution in [-0.2, 0) is 9.59 Å². The highest BCUT2D eigenvalue weighted by atomic mass is 32.2. The average molecular weight is 276 g/mol. The van der Waals surface area contributed by atoms with Crippen LogP contribution in [0.1, 0.15) is 0 Å². The van der Waals surface area contributed by atoms with Gasteiger partial charge < -0.3 is 15.3 Å². The number of amides is 2. The zero-order valence-electron chi connectivity index (χ0n) is 8.92. The SMILES string of the molecule is O=C1NC(C(=O)N2CCSCC2C(=O)O)CS1. The lowest BCUT2D eigenvalue weighted by Crippen LogP contribution is -2.55. The van der Waals surface area contributed by atoms with Crippen LogP contribution < -0.4 is 5.32 Å². The second-order valence-corrected chi connectivity index (χ2v) is 5.90. The molecule has 2 amide bonds. The van der Waals surface area contributed by atoms with Crippen molar-refractivity contribution in [2.45, 2.75) is 12.1 Å². The maximum absolute atomic E-state index is 12.1. The van der Waals surface area contributed by atoms with E-state index in [9.17, 15) is 14.4 Å². The van der Waals surface area contributed by atoms with Crippen LogP contribution in [0.25, 0.3) is 0 Å². The predicted octanol–water partition coefficient (Wildman–Crippen LogP) is -0.160. The third kappa shape index (κ3) is 2.68. The minimum absolute atomic E-state index is 0.221. The molecule has 2 N–H and O–H groups in total. The Kier molecular flexibility index (Phi) is 3.82. The molecule has 0 radical (unpaired) electrons. The highest BCUT2D eigenvalue weighted by Gasteiger charge is 2.38. The number of hydrogen-bond donors (Lipinski definition) is 2. The topological polar surface area (TPSA) is 86.7 Å². The van der Waals surface area contributed by atoms with E-state index < -0.39 is 18.1 Å². The third-order valence-electron chi connectivity index (χ3n) is 2.67. The number of carboxylic acids is 1. The van der Waals surface area contributed by atoms with Crippen LogP contribution in [0.4, 0.5) is 4.79 Å². The number of rotatable bonds is 2. The largest absolute Gasteiger partial charge is 0.480 e. The van der Waals surface area contributed by atoms with Gasteiger partial charge in [0.1, 0.15) is 12.1 Å². The molecule has 8 heteroatoms. The number of thioether (sulfide) groups is 2. The fraction of sp³-hybridized carbons (Fsp3) is 0.667. The monoisotopic (exact) mass is 276 g/mol. The molecule has 0 aromatic carbocycles. The fourth-order valence-electron chi connectivity index (χ4n) is 1.79. The molecule has 6 nitrogen and oxygen atoms in total. The van der Waals surface area contributed by atoms with Crippen molar-refractivity contribution in [3.8, 4) is 0 Å². The molecule has 17 heavy (non-hydrogen) atoms. The number of hydrogen-bond acceptors (Lipinski definition) is 5. The Bertz CT molecular complexity index is 363. The quantitative estimate of drug-likeness (QED) is 0.729. The van der Waals surface area contributed by atoms with Crippen LogP contribution in [0.2, 0.25) is 0 Å². The molecule has 2 aliphatic rings. The molecule has 2 rings (SSSR count). The number of carbonyl (C=O) groups excluding carboxylic acids is 2. The Morgan fingerprint density at radius 1 is 1.41 bits per heavy atom. The predicted molar refractivity (Wildman–Crippen MR) is 65.2 cm³/mol. The highest BCUT2D eigenvalue weighted by molar-refractivity contribution is 8.14. The van der Waals surface area contributed by atoms with Gasteiger partial charge in [0, 0.05) is 23.8 Å². The first-order valence-corrected chi connectivity index (χ1v) is 7.28. The minimum Gasteiger partial charge on any atom is -0.480 e. The second kappa shape index (κ2) is 5.18. The molecular formula is C9H12N2O4S2. The first-order valence-electron chi connectivity index (χ1n) is 5.14. The van der Waals surface area contributed by atoms with Gasteiger partial charge in [0.05, 0.1) is 0 Å². The van der Waals surface area contributed by atoms with Crippen molar-refractivity contribution in [2.24, 2.45) is 0 Å². The Morgan fingerprint density at radius 3 is 2.76 bits per heavy atom. The maximum atomic E-state index is 12.1. The Balaban J connectivity index is 2.06. The van der Waals surface area contributed by atoms with Crippen LogP contribution in [-0.4, -0.2) is 63.0 Å². The number of nitrogens with one attached hydrogen (secondary N) is 1. The van der Waals surface area contributed by atoms with Gasteiger partial charge in [-0.25, -0.2) is 4.79 Å². The highest BCUT2D eigenvalue weighted by Crippen LogP contribution is 2.21. The summed E-state index contributed by atoms with van der Waals surface area (Å²) in [5, 5.41) is 11.4. The van der Waals surface area contributed by atoms with E-state index in [1.807, 2.05) is 0 Å². The van der Waals surface area contributed by atoms with E-state index in [0.29, 0.717) is 18.1 Å². The summed E-state index contributed by atoms with van der Waals surface area (Å²) in [4.78, 5) is 35.5. The summed E-state index contributed by atoms with van der Waals surface area (Å²) < 4.78 is 0. The van der Waals surface area contributed by atoms with Crippen LogP contribution in [0, 0.1) is 0 Å². The molecule has 2 unspecified atom stereocenters. The van der Waals surface area contributed by atoms with Crippen molar-refractivity contribution in [1.82, 2.24) is 10.2 Å². The molecule has 0 saturated carbocycles. The number of carbonyl (C=O) groups is 3. The summed E-state index contributed by atoms with van der Waals surface area (Å²) in [7, 11) is 0. The van der Waals surface area contributed by atoms with E-state index in [1.54, 1.807) is 0 Å². The van der Waals surface area contributed by atoms with Gasteiger partial charge in [0.25, 0.3) is 5.24 Å². The Labute approximate surface area is 106 Å². The second-order valence-electron chi connectivity index (χ2n) is 3.76. The third-order valence-corrected chi connectivity index (χ3v) is 4.57. The maximum Gasteiger partial charge on any atom is 0.327 e. The number of nitrogens with zero attached hydrogens (tertiary/aromatic N) is 1. The van der Waals surface area contributed by atoms with Gasteiger partial charge in [-0.1, -0.05) is 11.8 Å². The number of carboxylic acid groups (broad SMARTS) is 1. The lowest BCUT2D eigenvalue weighted by molar-refractivity contribution is -0.149. The van der Waals surface area contributed by atoms with Crippen molar-refractivity contribution in [3.05, 3.63) is 0 Å². The van der Waals surface area contributed by atoms with Gasteiger partial charge in [0.15, 0.2) is 0 Å². The first kappa shape index (κ1) is 12.6. The van der Waals surface area contributed by atoms with E-state index in [2.05, 4.69) is 5.32 Å². The van der Waals surface area contributed by atoms with E-state index >= 15 is 0 Å². The normalized spacial score (nSPS) is 28.9. The molecule has 0 aromatic heterocycles. The van der Waals surface area contributed by atoms with Crippen LogP contribution in [0.3, 0.4) is 0 Å². The summed E-state index contributed by atoms with van der Waals surface area (Å²) in [5.74, 6) is 0.268. The molecule has 2 heterocycles. The van der Waals surface area contributed by atoms with Gasteiger partial charge in [-0.2, -0.15) is 11.8 Å². The minimum atomic E-state index is -0.984. The number of aliphatic carboxylic acids is 1. The van der Waals surface area contributed by atoms with Gasteiger partial charge in [-0.05, 0) is 0 Å². The Morgan fingerprint density at radius 2 is 2.18 bits per heavy atom. The van der Waals surface area contributed by atoms with Crippen molar-refractivity contribution < 1.29 is 19.5 Å². The summed E-state index contributed by atoms with van der Waals surface area (Å²) in [5.41, 5.74) is 0. The first-order chi connectivity index (χ1) is 8.09. The van der Waals surface area contributed by atoms with Crippen LogP contribution in [0.15, 0.2) is 0 Å². The zero-order chi connectivity index (χ0) is 12.4. The molecule has 0 spiro atoms. The fourth-order valence-corrected chi connectivity index (χ4v) is 3.60. The molecule has 2 aliphatic heterocycles. The van der Waals surface area contributed by atoms with E-state index in [1.165, 1.54) is 16.7 Å². The molecule has 0 aliphatic carbocycles. The molecule has 2 fully saturated rings. The lowest BCUT2D eigenvalue weighted by atomic mass is 10.2.